The first-order valence-corrected chi connectivity index (χ1v) is 2.85. The molecule has 0 aliphatic rings. The quantitative estimate of drug-likeness (QED) is 0.294. The van der Waals surface area contributed by atoms with Crippen LogP contribution in [0.25, 0.3) is 0 Å². The number of aliphatic hydroxyl groups is 4. The number of carboxylic acids is 1. The van der Waals surface area contributed by atoms with E-state index in [0.29, 0.717) is 0 Å². The van der Waals surface area contributed by atoms with Gasteiger partial charge in [-0.1, -0.05) is 0 Å². The lowest BCUT2D eigenvalue weighted by Gasteiger charge is -2.23. The van der Waals surface area contributed by atoms with E-state index in [1.54, 1.807) is 0 Å². The van der Waals surface area contributed by atoms with E-state index in [1.165, 1.54) is 0 Å². The lowest BCUT2D eigenvalue weighted by molar-refractivity contribution is -0.237. The summed E-state index contributed by atoms with van der Waals surface area (Å²) in [6.07, 6.45) is -2.90. The van der Waals surface area contributed by atoms with Gasteiger partial charge in [-0.2, -0.15) is 0 Å². The number of carboxylic acid groups (broad SMARTS) is 1. The zero-order valence-electron chi connectivity index (χ0n) is 5.64. The highest BCUT2D eigenvalue weighted by Gasteiger charge is 2.35. The molecule has 11 heavy (non-hydrogen) atoms. The predicted molar refractivity (Wildman–Crippen MR) is 32.5 cm³/mol. The molecule has 0 aromatic heterocycles. The Labute approximate surface area is 62.3 Å². The highest BCUT2D eigenvalue weighted by Crippen LogP contribution is 2.10. The third kappa shape index (κ3) is 3.28. The van der Waals surface area contributed by atoms with E-state index in [4.69, 9.17) is 25.5 Å². The van der Waals surface area contributed by atoms with Crippen molar-refractivity contribution in [2.75, 3.05) is 6.61 Å². The van der Waals surface area contributed by atoms with Gasteiger partial charge in [-0.05, 0) is 0 Å². The lowest BCUT2D eigenvalue weighted by Crippen LogP contribution is -2.46. The Kier molecular flexibility index (Phi) is 3.40. The topological polar surface area (TPSA) is 118 Å². The average molecular weight is 166 g/mol. The van der Waals surface area contributed by atoms with Crippen LogP contribution >= 0.6 is 0 Å². The van der Waals surface area contributed by atoms with Crippen molar-refractivity contribution in [3.8, 4) is 0 Å². The molecule has 0 aliphatic carbocycles. The van der Waals surface area contributed by atoms with Crippen LogP contribution in [-0.4, -0.2) is 50.0 Å². The molecule has 0 saturated carbocycles. The van der Waals surface area contributed by atoms with E-state index >= 15 is 0 Å². The van der Waals surface area contributed by atoms with Crippen LogP contribution in [-0.2, 0) is 4.79 Å². The van der Waals surface area contributed by atoms with Gasteiger partial charge in [0.2, 0.25) is 5.79 Å². The van der Waals surface area contributed by atoms with Crippen LogP contribution in [0.3, 0.4) is 0 Å². The number of hydrogen-bond acceptors (Lipinski definition) is 5. The van der Waals surface area contributed by atoms with Gasteiger partial charge in [0.25, 0.3) is 0 Å². The van der Waals surface area contributed by atoms with Crippen LogP contribution in [0.2, 0.25) is 0 Å². The molecule has 0 aromatic carbocycles. The molecule has 1 unspecified atom stereocenters. The Morgan fingerprint density at radius 1 is 1.45 bits per heavy atom. The Balaban J connectivity index is 4.08. The second-order valence-electron chi connectivity index (χ2n) is 2.15. The van der Waals surface area contributed by atoms with Gasteiger partial charge in [0, 0.05) is 0 Å². The number of rotatable bonds is 4. The molecule has 6 nitrogen and oxygen atoms in total. The summed E-state index contributed by atoms with van der Waals surface area (Å²) in [7, 11) is 0. The SMILES string of the molecule is O=C(O)CC(O)(O)C(O)CO. The van der Waals surface area contributed by atoms with Gasteiger partial charge < -0.3 is 25.5 Å². The minimum absolute atomic E-state index is 0.902. The van der Waals surface area contributed by atoms with Crippen molar-refractivity contribution in [1.29, 1.82) is 0 Å². The normalized spacial score (nSPS) is 14.5. The monoisotopic (exact) mass is 166 g/mol. The Morgan fingerprint density at radius 2 is 1.91 bits per heavy atom. The zero-order valence-corrected chi connectivity index (χ0v) is 5.64. The first kappa shape index (κ1) is 10.3. The van der Waals surface area contributed by atoms with Crippen molar-refractivity contribution in [1.82, 2.24) is 0 Å². The summed E-state index contributed by atoms with van der Waals surface area (Å²) in [6.45, 7) is -0.902. The fourth-order valence-electron chi connectivity index (χ4n) is 0.487. The van der Waals surface area contributed by atoms with Crippen LogP contribution in [0, 0.1) is 0 Å². The molecule has 0 aliphatic heterocycles. The number of aliphatic carboxylic acids is 1. The van der Waals surface area contributed by atoms with E-state index in [-0.39, 0.29) is 0 Å². The smallest absolute Gasteiger partial charge is 0.308 e. The first-order chi connectivity index (χ1) is 4.90. The van der Waals surface area contributed by atoms with Crippen LogP contribution in [0.1, 0.15) is 6.42 Å². The summed E-state index contributed by atoms with van der Waals surface area (Å²) in [5.41, 5.74) is 0. The summed E-state index contributed by atoms with van der Waals surface area (Å²) < 4.78 is 0. The summed E-state index contributed by atoms with van der Waals surface area (Å²) in [6, 6.07) is 0. The molecule has 0 radical (unpaired) electrons. The molecule has 5 N–H and O–H groups in total. The Morgan fingerprint density at radius 3 is 2.18 bits per heavy atom. The molecule has 66 valence electrons. The molecule has 1 atom stereocenters. The maximum Gasteiger partial charge on any atom is 0.308 e. The molecule has 0 amide bonds. The summed E-state index contributed by atoms with van der Waals surface area (Å²) in [5, 5.41) is 42.4. The molecule has 0 fully saturated rings. The van der Waals surface area contributed by atoms with E-state index in [9.17, 15) is 4.79 Å². The molecule has 0 saturated heterocycles. The average Bonchev–Trinajstić information content (AvgIpc) is 1.83. The molecular weight excluding hydrogens is 156 g/mol. The fraction of sp³-hybridized carbons (Fsp3) is 0.800. The van der Waals surface area contributed by atoms with Crippen molar-refractivity contribution < 1.29 is 30.3 Å². The maximum atomic E-state index is 9.92. The molecule has 0 bridgehead atoms. The van der Waals surface area contributed by atoms with Crippen molar-refractivity contribution in [3.05, 3.63) is 0 Å². The van der Waals surface area contributed by atoms with Crippen LogP contribution in [0.15, 0.2) is 0 Å². The Bertz CT molecular complexity index is 142. The molecule has 0 rings (SSSR count). The summed E-state index contributed by atoms with van der Waals surface area (Å²) >= 11 is 0. The molecule has 0 heterocycles. The minimum atomic E-state index is -2.76. The van der Waals surface area contributed by atoms with Crippen molar-refractivity contribution >= 4 is 5.97 Å². The third-order valence-electron chi connectivity index (χ3n) is 1.12. The van der Waals surface area contributed by atoms with E-state index in [1.807, 2.05) is 0 Å². The van der Waals surface area contributed by atoms with Crippen molar-refractivity contribution in [2.45, 2.75) is 18.3 Å². The number of hydrogen-bond donors (Lipinski definition) is 5. The van der Waals surface area contributed by atoms with Crippen LogP contribution < -0.4 is 0 Å². The van der Waals surface area contributed by atoms with Gasteiger partial charge >= 0.3 is 5.97 Å². The fourth-order valence-corrected chi connectivity index (χ4v) is 0.487. The van der Waals surface area contributed by atoms with Crippen molar-refractivity contribution in [2.24, 2.45) is 0 Å². The van der Waals surface area contributed by atoms with Gasteiger partial charge in [0.15, 0.2) is 0 Å². The second kappa shape index (κ2) is 3.63. The molecular formula is C5H10O6. The molecule has 0 spiro atoms. The number of aliphatic hydroxyl groups excluding tert-OH is 2. The predicted octanol–water partition coefficient (Wildman–Crippen LogP) is -2.50. The van der Waals surface area contributed by atoms with E-state index in [2.05, 4.69) is 0 Å². The summed E-state index contributed by atoms with van der Waals surface area (Å²) in [5.74, 6) is -4.23. The largest absolute Gasteiger partial charge is 0.481 e. The van der Waals surface area contributed by atoms with Gasteiger partial charge in [-0.3, -0.25) is 4.79 Å². The maximum absolute atomic E-state index is 9.92. The van der Waals surface area contributed by atoms with E-state index in [0.717, 1.165) is 0 Å². The van der Waals surface area contributed by atoms with Gasteiger partial charge in [-0.25, -0.2) is 0 Å². The molecule has 0 aromatic rings. The minimum Gasteiger partial charge on any atom is -0.481 e. The van der Waals surface area contributed by atoms with Crippen LogP contribution in [0.4, 0.5) is 0 Å². The van der Waals surface area contributed by atoms with Gasteiger partial charge in [0.1, 0.15) is 12.5 Å². The zero-order chi connectivity index (χ0) is 9.07. The highest BCUT2D eigenvalue weighted by atomic mass is 16.5. The van der Waals surface area contributed by atoms with Gasteiger partial charge in [-0.15, -0.1) is 0 Å². The Hall–Kier alpha value is -0.690. The summed E-state index contributed by atoms with van der Waals surface area (Å²) in [4.78, 5) is 9.92. The van der Waals surface area contributed by atoms with Crippen LogP contribution in [0.5, 0.6) is 0 Å². The first-order valence-electron chi connectivity index (χ1n) is 2.85. The van der Waals surface area contributed by atoms with Crippen molar-refractivity contribution in [3.63, 3.8) is 0 Å². The molecule has 6 heteroatoms. The van der Waals surface area contributed by atoms with E-state index < -0.39 is 30.9 Å². The third-order valence-corrected chi connectivity index (χ3v) is 1.12. The second-order valence-corrected chi connectivity index (χ2v) is 2.15. The lowest BCUT2D eigenvalue weighted by atomic mass is 10.1. The highest BCUT2D eigenvalue weighted by molar-refractivity contribution is 5.67. The number of carbonyl (C=O) groups is 1. The van der Waals surface area contributed by atoms with Gasteiger partial charge in [0.05, 0.1) is 6.61 Å². The standard InChI is InChI=1S/C5H10O6/c6-2-3(7)5(10,11)1-4(8)9/h3,6-7,10-11H,1-2H2,(H,8,9).